The third kappa shape index (κ3) is 1.69. The van der Waals surface area contributed by atoms with Crippen LogP contribution in [0.2, 0.25) is 0 Å². The molecule has 3 atom stereocenters. The largest absolute Gasteiger partial charge is 0.314 e. The highest BCUT2D eigenvalue weighted by Gasteiger charge is 2.36. The van der Waals surface area contributed by atoms with Gasteiger partial charge in [-0.05, 0) is 38.1 Å². The molecule has 2 rings (SSSR count). The molecule has 0 radical (unpaired) electrons. The van der Waals surface area contributed by atoms with Gasteiger partial charge >= 0.3 is 0 Å². The van der Waals surface area contributed by atoms with E-state index in [-0.39, 0.29) is 11.8 Å². The number of hydroxylamine groups is 1. The molecule has 1 aliphatic carbocycles. The van der Waals surface area contributed by atoms with Gasteiger partial charge in [-0.25, -0.2) is 5.48 Å². The van der Waals surface area contributed by atoms with Gasteiger partial charge < -0.3 is 5.32 Å². The highest BCUT2D eigenvalue weighted by Crippen LogP contribution is 2.33. The van der Waals surface area contributed by atoms with E-state index >= 15 is 0 Å². The number of carbonyl (C=O) groups is 1. The van der Waals surface area contributed by atoms with Gasteiger partial charge in [-0.15, -0.1) is 0 Å². The van der Waals surface area contributed by atoms with Gasteiger partial charge in [0.2, 0.25) is 5.91 Å². The summed E-state index contributed by atoms with van der Waals surface area (Å²) < 4.78 is 0. The van der Waals surface area contributed by atoms with Crippen LogP contribution in [0.4, 0.5) is 0 Å². The third-order valence-corrected chi connectivity index (χ3v) is 3.40. The SMILES string of the molecule is O=C(NO)C1CCC2CCNC2C1. The van der Waals surface area contributed by atoms with Crippen LogP contribution >= 0.6 is 0 Å². The molecule has 3 unspecified atom stereocenters. The topological polar surface area (TPSA) is 61.4 Å². The maximum atomic E-state index is 11.2. The fraction of sp³-hybridized carbons (Fsp3) is 0.889. The minimum absolute atomic E-state index is 0.0110. The van der Waals surface area contributed by atoms with Crippen LogP contribution in [0.5, 0.6) is 0 Å². The molecular formula is C9H16N2O2. The van der Waals surface area contributed by atoms with Gasteiger partial charge in [0, 0.05) is 12.0 Å². The first-order valence-corrected chi connectivity index (χ1v) is 4.98. The zero-order chi connectivity index (χ0) is 9.26. The molecule has 0 aromatic carbocycles. The highest BCUT2D eigenvalue weighted by atomic mass is 16.5. The molecule has 4 nitrogen and oxygen atoms in total. The Hall–Kier alpha value is -0.610. The smallest absolute Gasteiger partial charge is 0.246 e. The molecule has 0 bridgehead atoms. The predicted octanol–water partition coefficient (Wildman–Crippen LogP) is 0.270. The summed E-state index contributed by atoms with van der Waals surface area (Å²) in [4.78, 5) is 11.2. The normalized spacial score (nSPS) is 38.4. The lowest BCUT2D eigenvalue weighted by Crippen LogP contribution is -2.39. The molecule has 4 heteroatoms. The third-order valence-electron chi connectivity index (χ3n) is 3.40. The van der Waals surface area contributed by atoms with Crippen molar-refractivity contribution in [2.24, 2.45) is 11.8 Å². The zero-order valence-electron chi connectivity index (χ0n) is 7.62. The molecule has 0 aromatic rings. The Labute approximate surface area is 77.7 Å². The molecule has 2 aliphatic rings. The number of hydrogen-bond donors (Lipinski definition) is 3. The summed E-state index contributed by atoms with van der Waals surface area (Å²) >= 11 is 0. The fourth-order valence-electron chi connectivity index (χ4n) is 2.61. The van der Waals surface area contributed by atoms with Gasteiger partial charge in [-0.3, -0.25) is 10.0 Å². The summed E-state index contributed by atoms with van der Waals surface area (Å²) in [6, 6.07) is 0.510. The van der Waals surface area contributed by atoms with E-state index in [1.54, 1.807) is 5.48 Å². The highest BCUT2D eigenvalue weighted by molar-refractivity contribution is 5.77. The number of hydrogen-bond acceptors (Lipinski definition) is 3. The average Bonchev–Trinajstić information content (AvgIpc) is 2.63. The predicted molar refractivity (Wildman–Crippen MR) is 47.2 cm³/mol. The number of carbonyl (C=O) groups excluding carboxylic acids is 1. The maximum absolute atomic E-state index is 11.2. The molecule has 1 saturated heterocycles. The van der Waals surface area contributed by atoms with Crippen LogP contribution in [-0.4, -0.2) is 23.7 Å². The minimum atomic E-state index is -0.216. The van der Waals surface area contributed by atoms with Crippen LogP contribution in [0.25, 0.3) is 0 Å². The lowest BCUT2D eigenvalue weighted by atomic mass is 9.79. The van der Waals surface area contributed by atoms with Crippen molar-refractivity contribution in [3.05, 3.63) is 0 Å². The molecule has 1 saturated carbocycles. The summed E-state index contributed by atoms with van der Waals surface area (Å²) in [5, 5.41) is 11.9. The van der Waals surface area contributed by atoms with Gasteiger partial charge in [-0.1, -0.05) is 0 Å². The van der Waals surface area contributed by atoms with Gasteiger partial charge in [0.05, 0.1) is 0 Å². The molecule has 74 valence electrons. The number of rotatable bonds is 1. The quantitative estimate of drug-likeness (QED) is 0.405. The van der Waals surface area contributed by atoms with Crippen LogP contribution in [-0.2, 0) is 4.79 Å². The summed E-state index contributed by atoms with van der Waals surface area (Å²) in [5.41, 5.74) is 1.75. The molecule has 1 amide bonds. The average molecular weight is 184 g/mol. The lowest BCUT2D eigenvalue weighted by molar-refractivity contribution is -0.134. The molecule has 13 heavy (non-hydrogen) atoms. The molecular weight excluding hydrogens is 168 g/mol. The molecule has 2 fully saturated rings. The number of nitrogens with one attached hydrogen (secondary N) is 2. The van der Waals surface area contributed by atoms with Crippen LogP contribution in [0.1, 0.15) is 25.7 Å². The summed E-state index contributed by atoms with van der Waals surface area (Å²) in [6.07, 6.45) is 4.18. The van der Waals surface area contributed by atoms with E-state index in [9.17, 15) is 4.79 Å². The van der Waals surface area contributed by atoms with Gasteiger partial charge in [0.15, 0.2) is 0 Å². The number of fused-ring (bicyclic) bond motifs is 1. The second-order valence-corrected chi connectivity index (χ2v) is 4.10. The Bertz CT molecular complexity index is 208. The van der Waals surface area contributed by atoms with E-state index in [2.05, 4.69) is 5.32 Å². The van der Waals surface area contributed by atoms with E-state index in [4.69, 9.17) is 5.21 Å². The first-order valence-electron chi connectivity index (χ1n) is 4.98. The molecule has 3 N–H and O–H groups in total. The Morgan fingerprint density at radius 3 is 3.00 bits per heavy atom. The molecule has 0 spiro atoms. The Balaban J connectivity index is 1.93. The first-order chi connectivity index (χ1) is 6.31. The van der Waals surface area contributed by atoms with Crippen molar-refractivity contribution in [1.29, 1.82) is 0 Å². The van der Waals surface area contributed by atoms with Crippen molar-refractivity contribution in [3.63, 3.8) is 0 Å². The van der Waals surface area contributed by atoms with Crippen molar-refractivity contribution in [3.8, 4) is 0 Å². The Kier molecular flexibility index (Phi) is 2.51. The van der Waals surface area contributed by atoms with Gasteiger partial charge in [0.25, 0.3) is 0 Å². The standard InChI is InChI=1S/C9H16N2O2/c12-9(11-13)7-2-1-6-3-4-10-8(6)5-7/h6-8,10,13H,1-5H2,(H,11,12). The van der Waals surface area contributed by atoms with Crippen LogP contribution in [0, 0.1) is 11.8 Å². The zero-order valence-corrected chi connectivity index (χ0v) is 7.62. The number of amides is 1. The monoisotopic (exact) mass is 184 g/mol. The lowest BCUT2D eigenvalue weighted by Gasteiger charge is -2.30. The van der Waals surface area contributed by atoms with Crippen LogP contribution in [0.3, 0.4) is 0 Å². The minimum Gasteiger partial charge on any atom is -0.314 e. The second-order valence-electron chi connectivity index (χ2n) is 4.10. The van der Waals surface area contributed by atoms with Crippen molar-refractivity contribution in [1.82, 2.24) is 10.8 Å². The van der Waals surface area contributed by atoms with E-state index in [1.165, 1.54) is 6.42 Å². The second kappa shape index (κ2) is 3.64. The Morgan fingerprint density at radius 1 is 1.38 bits per heavy atom. The molecule has 1 aliphatic heterocycles. The van der Waals surface area contributed by atoms with Crippen molar-refractivity contribution in [2.75, 3.05) is 6.54 Å². The maximum Gasteiger partial charge on any atom is 0.246 e. The van der Waals surface area contributed by atoms with Crippen molar-refractivity contribution < 1.29 is 10.0 Å². The summed E-state index contributed by atoms with van der Waals surface area (Å²) in [6.45, 7) is 1.09. The van der Waals surface area contributed by atoms with E-state index in [0.717, 1.165) is 31.7 Å². The van der Waals surface area contributed by atoms with E-state index < -0.39 is 0 Å². The van der Waals surface area contributed by atoms with Gasteiger partial charge in [0.1, 0.15) is 0 Å². The van der Waals surface area contributed by atoms with E-state index in [1.807, 2.05) is 0 Å². The van der Waals surface area contributed by atoms with Crippen LogP contribution in [0.15, 0.2) is 0 Å². The summed E-state index contributed by atoms with van der Waals surface area (Å²) in [7, 11) is 0. The van der Waals surface area contributed by atoms with Crippen molar-refractivity contribution >= 4 is 5.91 Å². The molecule has 0 aromatic heterocycles. The van der Waals surface area contributed by atoms with Crippen molar-refractivity contribution in [2.45, 2.75) is 31.7 Å². The van der Waals surface area contributed by atoms with E-state index in [0.29, 0.717) is 6.04 Å². The Morgan fingerprint density at radius 2 is 2.23 bits per heavy atom. The fourth-order valence-corrected chi connectivity index (χ4v) is 2.61. The molecule has 1 heterocycles. The van der Waals surface area contributed by atoms with Gasteiger partial charge in [-0.2, -0.15) is 0 Å². The first kappa shape index (κ1) is 8.97. The summed E-state index contributed by atoms with van der Waals surface area (Å²) in [5.74, 6) is 0.562. The van der Waals surface area contributed by atoms with Crippen LogP contribution < -0.4 is 10.8 Å².